The Labute approximate surface area is 113 Å². The molecular formula is C13H18Cl2N2. The zero-order valence-corrected chi connectivity index (χ0v) is 11.3. The largest absolute Gasteiger partial charge is 0.330 e. The second-order valence-corrected chi connectivity index (χ2v) is 5.49. The van der Waals surface area contributed by atoms with E-state index in [0.29, 0.717) is 5.92 Å². The molecule has 1 aromatic rings. The van der Waals surface area contributed by atoms with Gasteiger partial charge in [-0.3, -0.25) is 4.90 Å². The molecule has 0 bridgehead atoms. The minimum atomic E-state index is 0.616. The van der Waals surface area contributed by atoms with Crippen LogP contribution >= 0.6 is 23.2 Å². The first-order chi connectivity index (χ1) is 8.20. The van der Waals surface area contributed by atoms with E-state index < -0.39 is 0 Å². The van der Waals surface area contributed by atoms with Crippen molar-refractivity contribution in [3.63, 3.8) is 0 Å². The molecule has 17 heavy (non-hydrogen) atoms. The van der Waals surface area contributed by atoms with Crippen LogP contribution in [0.1, 0.15) is 18.4 Å². The van der Waals surface area contributed by atoms with Crippen LogP contribution in [0.3, 0.4) is 0 Å². The van der Waals surface area contributed by atoms with Crippen LogP contribution in [0.5, 0.6) is 0 Å². The van der Waals surface area contributed by atoms with Crippen LogP contribution in [0.4, 0.5) is 0 Å². The molecule has 1 aliphatic heterocycles. The lowest BCUT2D eigenvalue weighted by Gasteiger charge is -2.32. The maximum atomic E-state index is 6.18. The Morgan fingerprint density at radius 3 is 2.65 bits per heavy atom. The Balaban J connectivity index is 2.05. The average molecular weight is 273 g/mol. The molecule has 2 N–H and O–H groups in total. The summed E-state index contributed by atoms with van der Waals surface area (Å²) in [6, 6.07) is 5.67. The molecule has 1 atom stereocenters. The number of likely N-dealkylation sites (tertiary alicyclic amines) is 1. The molecule has 94 valence electrons. The number of hydrogen-bond acceptors (Lipinski definition) is 2. The first-order valence-electron chi connectivity index (χ1n) is 6.06. The Bertz CT molecular complexity index is 361. The standard InChI is InChI=1S/C13H18Cl2N2/c14-12-4-1-5-13(15)11(12)9-17-6-2-3-10(7-16)8-17/h1,4-5,10H,2-3,6-9,16H2/t10-/m1/s1. The van der Waals surface area contributed by atoms with Crippen molar-refractivity contribution in [2.45, 2.75) is 19.4 Å². The molecule has 1 aliphatic rings. The molecule has 4 heteroatoms. The second-order valence-electron chi connectivity index (χ2n) is 4.68. The van der Waals surface area contributed by atoms with E-state index in [2.05, 4.69) is 4.90 Å². The predicted molar refractivity (Wildman–Crippen MR) is 73.5 cm³/mol. The summed E-state index contributed by atoms with van der Waals surface area (Å²) in [5, 5.41) is 1.51. The summed E-state index contributed by atoms with van der Waals surface area (Å²) in [5.74, 6) is 0.616. The molecule has 0 amide bonds. The van der Waals surface area contributed by atoms with Crippen LogP contribution in [0.15, 0.2) is 18.2 Å². The molecule has 0 aliphatic carbocycles. The number of halogens is 2. The van der Waals surface area contributed by atoms with Crippen LogP contribution in [-0.4, -0.2) is 24.5 Å². The Kier molecular flexibility index (Phi) is 4.69. The predicted octanol–water partition coefficient (Wildman–Crippen LogP) is 3.16. The highest BCUT2D eigenvalue weighted by molar-refractivity contribution is 6.35. The zero-order chi connectivity index (χ0) is 12.3. The highest BCUT2D eigenvalue weighted by Crippen LogP contribution is 2.27. The van der Waals surface area contributed by atoms with E-state index in [1.165, 1.54) is 12.8 Å². The van der Waals surface area contributed by atoms with E-state index in [-0.39, 0.29) is 0 Å². The van der Waals surface area contributed by atoms with E-state index in [0.717, 1.165) is 41.8 Å². The van der Waals surface area contributed by atoms with Crippen molar-refractivity contribution < 1.29 is 0 Å². The van der Waals surface area contributed by atoms with Crippen molar-refractivity contribution in [1.29, 1.82) is 0 Å². The Morgan fingerprint density at radius 1 is 1.29 bits per heavy atom. The van der Waals surface area contributed by atoms with Crippen LogP contribution in [-0.2, 0) is 6.54 Å². The van der Waals surface area contributed by atoms with Crippen molar-refractivity contribution in [2.24, 2.45) is 11.7 Å². The van der Waals surface area contributed by atoms with Crippen LogP contribution in [0.2, 0.25) is 10.0 Å². The van der Waals surface area contributed by atoms with Gasteiger partial charge in [-0.25, -0.2) is 0 Å². The molecule has 0 saturated carbocycles. The van der Waals surface area contributed by atoms with E-state index in [4.69, 9.17) is 28.9 Å². The van der Waals surface area contributed by atoms with E-state index in [9.17, 15) is 0 Å². The molecule has 2 nitrogen and oxygen atoms in total. The lowest BCUT2D eigenvalue weighted by molar-refractivity contribution is 0.171. The zero-order valence-electron chi connectivity index (χ0n) is 9.83. The van der Waals surface area contributed by atoms with Gasteiger partial charge in [0.15, 0.2) is 0 Å². The summed E-state index contributed by atoms with van der Waals surface area (Å²) in [4.78, 5) is 2.40. The van der Waals surface area contributed by atoms with Gasteiger partial charge in [-0.05, 0) is 44.0 Å². The fourth-order valence-electron chi connectivity index (χ4n) is 2.39. The van der Waals surface area contributed by atoms with E-state index >= 15 is 0 Å². The third-order valence-electron chi connectivity index (χ3n) is 3.38. The summed E-state index contributed by atoms with van der Waals surface area (Å²) in [6.45, 7) is 3.76. The van der Waals surface area contributed by atoms with Gasteiger partial charge in [0, 0.05) is 28.7 Å². The van der Waals surface area contributed by atoms with Gasteiger partial charge in [-0.15, -0.1) is 0 Å². The van der Waals surface area contributed by atoms with Gasteiger partial charge in [-0.1, -0.05) is 29.3 Å². The molecule has 1 heterocycles. The van der Waals surface area contributed by atoms with Gasteiger partial charge < -0.3 is 5.73 Å². The van der Waals surface area contributed by atoms with Gasteiger partial charge in [-0.2, -0.15) is 0 Å². The molecule has 0 radical (unpaired) electrons. The third-order valence-corrected chi connectivity index (χ3v) is 4.09. The quantitative estimate of drug-likeness (QED) is 0.916. The summed E-state index contributed by atoms with van der Waals surface area (Å²) in [5.41, 5.74) is 6.78. The molecule has 1 fully saturated rings. The molecule has 0 unspecified atom stereocenters. The second kappa shape index (κ2) is 6.05. The minimum absolute atomic E-state index is 0.616. The van der Waals surface area contributed by atoms with Crippen LogP contribution in [0.25, 0.3) is 0 Å². The van der Waals surface area contributed by atoms with Gasteiger partial charge in [0.2, 0.25) is 0 Å². The SMILES string of the molecule is NC[C@H]1CCCN(Cc2c(Cl)cccc2Cl)C1. The van der Waals surface area contributed by atoms with Crippen molar-refractivity contribution in [3.8, 4) is 0 Å². The summed E-state index contributed by atoms with van der Waals surface area (Å²) in [6.07, 6.45) is 2.45. The lowest BCUT2D eigenvalue weighted by Crippen LogP contribution is -2.37. The van der Waals surface area contributed by atoms with Crippen LogP contribution in [0, 0.1) is 5.92 Å². The number of nitrogens with zero attached hydrogens (tertiary/aromatic N) is 1. The highest BCUT2D eigenvalue weighted by atomic mass is 35.5. The monoisotopic (exact) mass is 272 g/mol. The first-order valence-corrected chi connectivity index (χ1v) is 6.81. The summed E-state index contributed by atoms with van der Waals surface area (Å²) < 4.78 is 0. The fraction of sp³-hybridized carbons (Fsp3) is 0.538. The molecule has 0 spiro atoms. The molecule has 1 aromatic carbocycles. The van der Waals surface area contributed by atoms with Crippen molar-refractivity contribution >= 4 is 23.2 Å². The topological polar surface area (TPSA) is 29.3 Å². The van der Waals surface area contributed by atoms with Gasteiger partial charge in [0.25, 0.3) is 0 Å². The van der Waals surface area contributed by atoms with Gasteiger partial charge >= 0.3 is 0 Å². The lowest BCUT2D eigenvalue weighted by atomic mass is 9.98. The van der Waals surface area contributed by atoms with E-state index in [1.807, 2.05) is 18.2 Å². The van der Waals surface area contributed by atoms with Gasteiger partial charge in [0.1, 0.15) is 0 Å². The number of hydrogen-bond donors (Lipinski definition) is 1. The first kappa shape index (κ1) is 13.2. The maximum absolute atomic E-state index is 6.18. The minimum Gasteiger partial charge on any atom is -0.330 e. The van der Waals surface area contributed by atoms with Crippen molar-refractivity contribution in [3.05, 3.63) is 33.8 Å². The number of piperidine rings is 1. The van der Waals surface area contributed by atoms with Crippen molar-refractivity contribution in [2.75, 3.05) is 19.6 Å². The van der Waals surface area contributed by atoms with Crippen LogP contribution < -0.4 is 5.73 Å². The average Bonchev–Trinajstić information content (AvgIpc) is 2.34. The molecule has 0 aromatic heterocycles. The molecule has 2 rings (SSSR count). The maximum Gasteiger partial charge on any atom is 0.0465 e. The number of nitrogens with two attached hydrogens (primary N) is 1. The molecular weight excluding hydrogens is 255 g/mol. The van der Waals surface area contributed by atoms with Crippen molar-refractivity contribution in [1.82, 2.24) is 4.90 Å². The normalized spacial score (nSPS) is 21.7. The van der Waals surface area contributed by atoms with E-state index in [1.54, 1.807) is 0 Å². The number of rotatable bonds is 3. The number of benzene rings is 1. The Morgan fingerprint density at radius 2 is 2.00 bits per heavy atom. The summed E-state index contributed by atoms with van der Waals surface area (Å²) >= 11 is 12.4. The fourth-order valence-corrected chi connectivity index (χ4v) is 2.91. The highest BCUT2D eigenvalue weighted by Gasteiger charge is 2.20. The van der Waals surface area contributed by atoms with Gasteiger partial charge in [0.05, 0.1) is 0 Å². The summed E-state index contributed by atoms with van der Waals surface area (Å²) in [7, 11) is 0. The smallest absolute Gasteiger partial charge is 0.0465 e. The molecule has 1 saturated heterocycles. The third kappa shape index (κ3) is 3.35. The Hall–Kier alpha value is -0.280.